The number of aryl methyl sites for hydroxylation is 1. The minimum Gasteiger partial charge on any atom is -0.314 e. The zero-order valence-electron chi connectivity index (χ0n) is 12.4. The largest absolute Gasteiger partial charge is 0.314 e. The van der Waals surface area contributed by atoms with Crippen molar-refractivity contribution >= 4 is 15.9 Å². The van der Waals surface area contributed by atoms with Gasteiger partial charge in [0.2, 0.25) is 0 Å². The molecule has 19 heavy (non-hydrogen) atoms. The second-order valence-corrected chi connectivity index (χ2v) is 7.02. The molecule has 108 valence electrons. The van der Waals surface area contributed by atoms with E-state index in [2.05, 4.69) is 48.9 Å². The topological polar surface area (TPSA) is 12.0 Å². The van der Waals surface area contributed by atoms with Crippen LogP contribution in [0.5, 0.6) is 0 Å². The molecule has 1 aromatic rings. The number of benzene rings is 1. The Morgan fingerprint density at radius 3 is 2.58 bits per heavy atom. The quantitative estimate of drug-likeness (QED) is 0.779. The molecule has 1 aromatic carbocycles. The summed E-state index contributed by atoms with van der Waals surface area (Å²) < 4.78 is 14.6. The molecule has 0 fully saturated rings. The molecule has 0 aliphatic rings. The summed E-state index contributed by atoms with van der Waals surface area (Å²) in [4.78, 5) is 0. The van der Waals surface area contributed by atoms with Crippen LogP contribution >= 0.6 is 15.9 Å². The Balaban J connectivity index is 2.54. The number of hydrogen-bond donors (Lipinski definition) is 1. The highest BCUT2D eigenvalue weighted by atomic mass is 79.9. The lowest BCUT2D eigenvalue weighted by Crippen LogP contribution is -2.40. The fourth-order valence-corrected chi connectivity index (χ4v) is 2.73. The smallest absolute Gasteiger partial charge is 0.126 e. The molecule has 0 saturated heterocycles. The molecular formula is C16H25BrFN. The van der Waals surface area contributed by atoms with Crippen molar-refractivity contribution in [3.05, 3.63) is 34.1 Å². The van der Waals surface area contributed by atoms with Gasteiger partial charge in [-0.1, -0.05) is 43.6 Å². The second-order valence-electron chi connectivity index (χ2n) is 6.10. The minimum atomic E-state index is -0.0982. The van der Waals surface area contributed by atoms with Crippen molar-refractivity contribution in [2.24, 2.45) is 5.41 Å². The predicted molar refractivity (Wildman–Crippen MR) is 84.0 cm³/mol. The Morgan fingerprint density at radius 1 is 1.32 bits per heavy atom. The van der Waals surface area contributed by atoms with E-state index in [1.54, 1.807) is 6.07 Å². The lowest BCUT2D eigenvalue weighted by molar-refractivity contribution is 0.254. The van der Waals surface area contributed by atoms with Crippen molar-refractivity contribution in [1.29, 1.82) is 0 Å². The van der Waals surface area contributed by atoms with Gasteiger partial charge < -0.3 is 5.32 Å². The summed E-state index contributed by atoms with van der Waals surface area (Å²) in [6.07, 6.45) is 2.87. The molecule has 1 N–H and O–H groups in total. The zero-order valence-corrected chi connectivity index (χ0v) is 14.0. The van der Waals surface area contributed by atoms with Gasteiger partial charge >= 0.3 is 0 Å². The number of rotatable bonds is 6. The Morgan fingerprint density at radius 2 is 2.00 bits per heavy atom. The summed E-state index contributed by atoms with van der Waals surface area (Å²) in [5, 5.41) is 3.53. The monoisotopic (exact) mass is 329 g/mol. The van der Waals surface area contributed by atoms with Gasteiger partial charge in [-0.3, -0.25) is 0 Å². The van der Waals surface area contributed by atoms with Crippen LogP contribution in [0.25, 0.3) is 0 Å². The van der Waals surface area contributed by atoms with Crippen LogP contribution in [0.4, 0.5) is 4.39 Å². The Bertz CT molecular complexity index is 398. The van der Waals surface area contributed by atoms with Crippen LogP contribution in [0, 0.1) is 11.2 Å². The van der Waals surface area contributed by atoms with Crippen molar-refractivity contribution in [3.8, 4) is 0 Å². The maximum absolute atomic E-state index is 13.6. The summed E-state index contributed by atoms with van der Waals surface area (Å²) in [7, 11) is 0. The molecule has 0 aliphatic carbocycles. The molecular weight excluding hydrogens is 305 g/mol. The SMILES string of the molecule is CCNC(CCCc1cc(Br)ccc1F)C(C)(C)C. The normalized spacial score (nSPS) is 13.6. The van der Waals surface area contributed by atoms with Crippen molar-refractivity contribution in [2.45, 2.75) is 53.0 Å². The molecule has 0 aromatic heterocycles. The van der Waals surface area contributed by atoms with Crippen molar-refractivity contribution < 1.29 is 4.39 Å². The van der Waals surface area contributed by atoms with Gasteiger partial charge in [0.1, 0.15) is 5.82 Å². The molecule has 0 bridgehead atoms. The summed E-state index contributed by atoms with van der Waals surface area (Å²) >= 11 is 3.39. The van der Waals surface area contributed by atoms with Crippen LogP contribution in [0.2, 0.25) is 0 Å². The first-order valence-electron chi connectivity index (χ1n) is 7.02. The van der Waals surface area contributed by atoms with E-state index in [9.17, 15) is 4.39 Å². The molecule has 1 unspecified atom stereocenters. The molecule has 0 aliphatic heterocycles. The summed E-state index contributed by atoms with van der Waals surface area (Å²) in [5.41, 5.74) is 1.05. The molecule has 3 heteroatoms. The van der Waals surface area contributed by atoms with Gasteiger partial charge in [0, 0.05) is 10.5 Å². The zero-order chi connectivity index (χ0) is 14.5. The van der Waals surface area contributed by atoms with Crippen LogP contribution in [-0.2, 0) is 6.42 Å². The standard InChI is InChI=1S/C16H25BrFN/c1-5-19-15(16(2,3)4)8-6-7-12-11-13(17)9-10-14(12)18/h9-11,15,19H,5-8H2,1-4H3. The Labute approximate surface area is 125 Å². The van der Waals surface area contributed by atoms with E-state index < -0.39 is 0 Å². The van der Waals surface area contributed by atoms with Gasteiger partial charge in [-0.25, -0.2) is 4.39 Å². The van der Waals surface area contributed by atoms with Gasteiger partial charge in [0.25, 0.3) is 0 Å². The highest BCUT2D eigenvalue weighted by Gasteiger charge is 2.23. The summed E-state index contributed by atoms with van der Waals surface area (Å²) in [5.74, 6) is -0.0982. The van der Waals surface area contributed by atoms with Crippen molar-refractivity contribution in [1.82, 2.24) is 5.32 Å². The van der Waals surface area contributed by atoms with E-state index in [4.69, 9.17) is 0 Å². The van der Waals surface area contributed by atoms with Crippen LogP contribution in [0.1, 0.15) is 46.1 Å². The van der Waals surface area contributed by atoms with E-state index in [1.807, 2.05) is 6.07 Å². The van der Waals surface area contributed by atoms with E-state index in [0.717, 1.165) is 35.8 Å². The third-order valence-electron chi connectivity index (χ3n) is 3.44. The van der Waals surface area contributed by atoms with Gasteiger partial charge in [-0.15, -0.1) is 0 Å². The average Bonchev–Trinajstić information content (AvgIpc) is 2.31. The first-order chi connectivity index (χ1) is 8.84. The van der Waals surface area contributed by atoms with Gasteiger partial charge in [-0.2, -0.15) is 0 Å². The van der Waals surface area contributed by atoms with E-state index >= 15 is 0 Å². The molecule has 0 heterocycles. The van der Waals surface area contributed by atoms with Crippen molar-refractivity contribution in [3.63, 3.8) is 0 Å². The Kier molecular flexibility index (Phi) is 6.48. The maximum Gasteiger partial charge on any atom is 0.126 e. The van der Waals surface area contributed by atoms with E-state index in [1.165, 1.54) is 6.07 Å². The molecule has 1 rings (SSSR count). The highest BCUT2D eigenvalue weighted by molar-refractivity contribution is 9.10. The van der Waals surface area contributed by atoms with Crippen molar-refractivity contribution in [2.75, 3.05) is 6.54 Å². The first-order valence-corrected chi connectivity index (χ1v) is 7.81. The fourth-order valence-electron chi connectivity index (χ4n) is 2.32. The Hall–Kier alpha value is -0.410. The van der Waals surface area contributed by atoms with Gasteiger partial charge in [0.05, 0.1) is 0 Å². The summed E-state index contributed by atoms with van der Waals surface area (Å²) in [6, 6.07) is 5.64. The molecule has 0 radical (unpaired) electrons. The first kappa shape index (κ1) is 16.6. The maximum atomic E-state index is 13.6. The second kappa shape index (κ2) is 7.39. The molecule has 1 atom stereocenters. The van der Waals surface area contributed by atoms with Crippen LogP contribution < -0.4 is 5.32 Å². The fraction of sp³-hybridized carbons (Fsp3) is 0.625. The van der Waals surface area contributed by atoms with Gasteiger partial charge in [-0.05, 0) is 55.0 Å². The predicted octanol–water partition coefficient (Wildman–Crippen LogP) is 4.94. The third-order valence-corrected chi connectivity index (χ3v) is 3.94. The van der Waals surface area contributed by atoms with Crippen LogP contribution in [0.15, 0.2) is 22.7 Å². The lowest BCUT2D eigenvalue weighted by atomic mass is 9.83. The number of nitrogens with one attached hydrogen (secondary N) is 1. The van der Waals surface area contributed by atoms with E-state index in [0.29, 0.717) is 6.04 Å². The average molecular weight is 330 g/mol. The number of hydrogen-bond acceptors (Lipinski definition) is 1. The molecule has 0 amide bonds. The molecule has 1 nitrogen and oxygen atoms in total. The highest BCUT2D eigenvalue weighted by Crippen LogP contribution is 2.24. The number of halogens is 2. The summed E-state index contributed by atoms with van der Waals surface area (Å²) in [6.45, 7) is 9.86. The molecule has 0 saturated carbocycles. The van der Waals surface area contributed by atoms with Gasteiger partial charge in [0.15, 0.2) is 0 Å². The minimum absolute atomic E-state index is 0.0982. The van der Waals surface area contributed by atoms with E-state index in [-0.39, 0.29) is 11.2 Å². The molecule has 0 spiro atoms. The van der Waals surface area contributed by atoms with Crippen LogP contribution in [-0.4, -0.2) is 12.6 Å². The third kappa shape index (κ3) is 5.62. The lowest BCUT2D eigenvalue weighted by Gasteiger charge is -2.31. The van der Waals surface area contributed by atoms with Crippen LogP contribution in [0.3, 0.4) is 0 Å².